The highest BCUT2D eigenvalue weighted by Crippen LogP contribution is 2.56. The quantitative estimate of drug-likeness (QED) is 0.0473. The van der Waals surface area contributed by atoms with Crippen LogP contribution in [-0.2, 0) is 55.5 Å². The van der Waals surface area contributed by atoms with Crippen LogP contribution in [0.25, 0.3) is 11.2 Å². The van der Waals surface area contributed by atoms with E-state index in [4.69, 9.17) is 15.6 Å². The SMILES string of the molecule is CC(C)(COP(=O)([O-])OP(=O)([O-])OC[C@H]1O[C@@H](n2cnc3c(N)ncnc32)[C@H](O)[C@@H]1OP(=O)([O-])[O-])[C@@H](O)C(=O)NCCC(=O)NCCSC(=O)CC(O)C(=O)[O-]. The number of amides is 2. The first-order chi connectivity index (χ1) is 25.8. The molecule has 0 aromatic carbocycles. The molecule has 3 rings (SSSR count). The van der Waals surface area contributed by atoms with Crippen LogP contribution in [0, 0.1) is 5.41 Å². The molecule has 0 saturated carbocycles. The predicted octanol–water partition coefficient (Wildman–Crippen LogP) is -6.36. The highest BCUT2D eigenvalue weighted by atomic mass is 32.2. The van der Waals surface area contributed by atoms with Crippen LogP contribution >= 0.6 is 35.2 Å². The lowest BCUT2D eigenvalue weighted by molar-refractivity contribution is -0.347. The number of carboxylic acids is 1. The maximum Gasteiger partial charge on any atom is 0.274 e. The molecule has 8 atom stereocenters. The van der Waals surface area contributed by atoms with E-state index in [-0.39, 0.29) is 42.2 Å². The van der Waals surface area contributed by atoms with Crippen molar-refractivity contribution in [3.8, 4) is 0 Å². The number of nitrogen functional groups attached to an aromatic ring is 1. The number of carbonyl (C=O) groups excluding carboxylic acids is 4. The van der Waals surface area contributed by atoms with Gasteiger partial charge in [-0.1, -0.05) is 25.6 Å². The first-order valence-electron chi connectivity index (χ1n) is 15.7. The third-order valence-corrected chi connectivity index (χ3v) is 11.3. The summed E-state index contributed by atoms with van der Waals surface area (Å²) in [5.41, 5.74) is 3.96. The van der Waals surface area contributed by atoms with Gasteiger partial charge in [-0.15, -0.1) is 0 Å². The lowest BCUT2D eigenvalue weighted by Crippen LogP contribution is -2.46. The molecule has 1 aliphatic rings. The van der Waals surface area contributed by atoms with Crippen LogP contribution in [0.2, 0.25) is 0 Å². The number of imidazole rings is 1. The second-order valence-corrected chi connectivity index (χ2v) is 17.5. The summed E-state index contributed by atoms with van der Waals surface area (Å²) >= 11 is 0.653. The van der Waals surface area contributed by atoms with Crippen molar-refractivity contribution >= 4 is 75.1 Å². The number of anilines is 1. The Morgan fingerprint density at radius 1 is 1.05 bits per heavy atom. The number of nitrogens with zero attached hydrogens (tertiary/aromatic N) is 4. The van der Waals surface area contributed by atoms with Gasteiger partial charge in [-0.25, -0.2) is 19.3 Å². The molecule has 0 bridgehead atoms. The van der Waals surface area contributed by atoms with Crippen molar-refractivity contribution in [2.24, 2.45) is 5.41 Å². The lowest BCUT2D eigenvalue weighted by atomic mass is 9.87. The molecule has 1 fully saturated rings. The van der Waals surface area contributed by atoms with Gasteiger partial charge in [0.2, 0.25) is 11.8 Å². The van der Waals surface area contributed by atoms with Crippen molar-refractivity contribution in [1.82, 2.24) is 30.2 Å². The number of carboxylic acid groups (broad SMARTS) is 1. The number of aliphatic hydroxyl groups excluding tert-OH is 3. The number of phosphoric acid groups is 3. The zero-order valence-electron chi connectivity index (χ0n) is 29.0. The van der Waals surface area contributed by atoms with Gasteiger partial charge in [-0.2, -0.15) is 0 Å². The Hall–Kier alpha value is -3.01. The predicted molar refractivity (Wildman–Crippen MR) is 174 cm³/mol. The van der Waals surface area contributed by atoms with E-state index in [1.165, 1.54) is 0 Å². The molecule has 27 nitrogen and oxygen atoms in total. The number of hydrogen-bond acceptors (Lipinski definition) is 25. The van der Waals surface area contributed by atoms with Crippen molar-refractivity contribution in [3.05, 3.63) is 12.7 Å². The minimum Gasteiger partial charge on any atom is -0.790 e. The molecule has 1 aliphatic heterocycles. The fourth-order valence-corrected chi connectivity index (χ4v) is 8.02. The van der Waals surface area contributed by atoms with Gasteiger partial charge in [0.1, 0.15) is 42.4 Å². The number of carbonyl (C=O) groups is 4. The molecular weight excluding hydrogens is 843 g/mol. The highest BCUT2D eigenvalue weighted by molar-refractivity contribution is 8.13. The lowest BCUT2D eigenvalue weighted by Gasteiger charge is -2.36. The maximum absolute atomic E-state index is 12.5. The van der Waals surface area contributed by atoms with Gasteiger partial charge in [-0.05, 0) is 0 Å². The summed E-state index contributed by atoms with van der Waals surface area (Å²) in [6, 6.07) is 0. The zero-order chi connectivity index (χ0) is 42.2. The smallest absolute Gasteiger partial charge is 0.274 e. The largest absolute Gasteiger partial charge is 0.790 e. The van der Waals surface area contributed by atoms with Gasteiger partial charge in [0.25, 0.3) is 15.6 Å². The molecular formula is C25H35N7O20P3S-5. The normalized spacial score (nSPS) is 22.2. The number of hydrogen-bond donors (Lipinski definition) is 6. The first-order valence-corrected chi connectivity index (χ1v) is 21.1. The number of aliphatic carboxylic acids is 1. The van der Waals surface area contributed by atoms with Crippen LogP contribution in [0.15, 0.2) is 12.7 Å². The van der Waals surface area contributed by atoms with Crippen molar-refractivity contribution in [1.29, 1.82) is 0 Å². The molecule has 3 unspecified atom stereocenters. The van der Waals surface area contributed by atoms with Gasteiger partial charge >= 0.3 is 0 Å². The monoisotopic (exact) mass is 878 g/mol. The fourth-order valence-electron chi connectivity index (χ4n) is 4.57. The molecule has 0 radical (unpaired) electrons. The van der Waals surface area contributed by atoms with Crippen LogP contribution in [0.5, 0.6) is 0 Å². The van der Waals surface area contributed by atoms with Gasteiger partial charge in [0, 0.05) is 37.1 Å². The van der Waals surface area contributed by atoms with Crippen molar-refractivity contribution in [3.63, 3.8) is 0 Å². The number of aromatic nitrogens is 4. The minimum absolute atomic E-state index is 0.0264. The van der Waals surface area contributed by atoms with E-state index in [9.17, 15) is 67.8 Å². The fraction of sp³-hybridized carbons (Fsp3) is 0.640. The molecule has 3 heterocycles. The number of rotatable bonds is 22. The standard InChI is InChI=1S/C25H40N7O20P3S/c1-25(2,19(37)22(38)28-4-3-14(34)27-5-6-56-15(35)7-12(33)24(39)40)9-49-55(46,47)52-54(44,45)48-8-13-18(51-53(41,42)43)17(36)23(50-13)32-11-31-16-20(26)29-10-30-21(16)32/h10-13,17-19,23,33,36-37H,3-9H2,1-2H3,(H,27,34)(H,28,38)(H,39,40)(H,44,45)(H,46,47)(H2,26,29,30)(H2,41,42,43)/p-5/t12?,13-,17-,18-,19+,23-/m1/s1. The van der Waals surface area contributed by atoms with E-state index in [2.05, 4.69) is 43.5 Å². The zero-order valence-corrected chi connectivity index (χ0v) is 32.5. The Labute approximate surface area is 319 Å². The van der Waals surface area contributed by atoms with Gasteiger partial charge < -0.3 is 84.0 Å². The number of nitrogens with one attached hydrogen (secondary N) is 2. The molecule has 56 heavy (non-hydrogen) atoms. The molecule has 2 aromatic heterocycles. The second-order valence-electron chi connectivity index (χ2n) is 12.2. The third-order valence-electron chi connectivity index (χ3n) is 7.37. The van der Waals surface area contributed by atoms with Gasteiger partial charge in [-0.3, -0.25) is 28.1 Å². The van der Waals surface area contributed by atoms with Crippen LogP contribution in [0.4, 0.5) is 5.82 Å². The summed E-state index contributed by atoms with van der Waals surface area (Å²) in [6.45, 7) is -0.400. The molecule has 7 N–H and O–H groups in total. The van der Waals surface area contributed by atoms with Crippen LogP contribution < -0.4 is 41.0 Å². The average molecular weight is 879 g/mol. The van der Waals surface area contributed by atoms with Crippen LogP contribution in [0.1, 0.15) is 32.9 Å². The van der Waals surface area contributed by atoms with Crippen molar-refractivity contribution in [2.75, 3.05) is 37.8 Å². The molecule has 1 saturated heterocycles. The highest BCUT2D eigenvalue weighted by Gasteiger charge is 2.47. The molecule has 0 aliphatic carbocycles. The first kappa shape index (κ1) is 47.4. The topological polar surface area (TPSA) is 435 Å². The minimum atomic E-state index is -5.94. The molecule has 2 amide bonds. The molecule has 2 aromatic rings. The van der Waals surface area contributed by atoms with E-state index < -0.39 is 108 Å². The molecule has 31 heteroatoms. The van der Waals surface area contributed by atoms with E-state index in [1.54, 1.807) is 0 Å². The number of ether oxygens (including phenoxy) is 1. The van der Waals surface area contributed by atoms with Crippen LogP contribution in [0.3, 0.4) is 0 Å². The molecule has 316 valence electrons. The Morgan fingerprint density at radius 3 is 2.36 bits per heavy atom. The summed E-state index contributed by atoms with van der Waals surface area (Å²) in [6.07, 6.45) is -10.5. The van der Waals surface area contributed by atoms with Gasteiger partial charge in [0.05, 0.1) is 33.3 Å². The van der Waals surface area contributed by atoms with Crippen LogP contribution in [-0.4, -0.2) is 120 Å². The maximum atomic E-state index is 12.5. The number of thioether (sulfide) groups is 1. The molecule has 0 spiro atoms. The van der Waals surface area contributed by atoms with E-state index in [0.717, 1.165) is 31.1 Å². The summed E-state index contributed by atoms with van der Waals surface area (Å²) in [4.78, 5) is 106. The number of fused-ring (bicyclic) bond motifs is 1. The summed E-state index contributed by atoms with van der Waals surface area (Å²) in [5, 5.41) is 44.8. The van der Waals surface area contributed by atoms with E-state index in [0.29, 0.717) is 11.8 Å². The van der Waals surface area contributed by atoms with Crippen molar-refractivity contribution < 1.29 is 95.5 Å². The number of aliphatic hydroxyl groups is 3. The van der Waals surface area contributed by atoms with E-state index in [1.807, 2.05) is 0 Å². The Morgan fingerprint density at radius 2 is 1.71 bits per heavy atom. The Balaban J connectivity index is 1.48. The van der Waals surface area contributed by atoms with Gasteiger partial charge in [0.15, 0.2) is 22.8 Å². The summed E-state index contributed by atoms with van der Waals surface area (Å²) < 4.78 is 60.2. The van der Waals surface area contributed by atoms with E-state index >= 15 is 0 Å². The Kier molecular flexibility index (Phi) is 16.6. The second kappa shape index (κ2) is 19.6. The number of nitrogens with two attached hydrogens (primary N) is 1. The average Bonchev–Trinajstić information content (AvgIpc) is 3.64. The number of phosphoric ester groups is 3. The summed E-state index contributed by atoms with van der Waals surface area (Å²) in [7, 11) is -17.7. The summed E-state index contributed by atoms with van der Waals surface area (Å²) in [5.74, 6) is -3.55. The Bertz CT molecular complexity index is 1880. The van der Waals surface area contributed by atoms with Crippen molar-refractivity contribution in [2.45, 2.75) is 63.4 Å². The third kappa shape index (κ3) is 14.1.